The Morgan fingerprint density at radius 3 is 2.18 bits per heavy atom. The molecule has 0 aliphatic carbocycles. The summed E-state index contributed by atoms with van der Waals surface area (Å²) >= 11 is 1.83. The Balaban J connectivity index is 2.18. The molecule has 66 valence electrons. The van der Waals surface area contributed by atoms with Gasteiger partial charge in [-0.15, -0.1) is 0 Å². The van der Waals surface area contributed by atoms with Gasteiger partial charge in [-0.1, -0.05) is 0 Å². The molecule has 11 heavy (non-hydrogen) atoms. The van der Waals surface area contributed by atoms with Gasteiger partial charge in [0.15, 0.2) is 6.29 Å². The fourth-order valence-electron chi connectivity index (χ4n) is 1.08. The maximum atomic E-state index is 5.54. The summed E-state index contributed by atoms with van der Waals surface area (Å²) in [7, 11) is 0. The Hall–Kier alpha value is 0.270. The van der Waals surface area contributed by atoms with Crippen molar-refractivity contribution in [3.05, 3.63) is 0 Å². The highest BCUT2D eigenvalue weighted by atomic mass is 32.2. The lowest BCUT2D eigenvalue weighted by molar-refractivity contribution is -0.0627. The van der Waals surface area contributed by atoms with E-state index in [0.717, 1.165) is 12.2 Å². The molecule has 1 fully saturated rings. The van der Waals surface area contributed by atoms with Gasteiger partial charge in [0.2, 0.25) is 0 Å². The van der Waals surface area contributed by atoms with Crippen LogP contribution < -0.4 is 0 Å². The third-order valence-corrected chi connectivity index (χ3v) is 2.60. The molecule has 0 spiro atoms. The topological polar surface area (TPSA) is 18.5 Å². The minimum absolute atomic E-state index is 0.0486. The van der Waals surface area contributed by atoms with Crippen LogP contribution in [0.5, 0.6) is 0 Å². The molecule has 1 saturated heterocycles. The Morgan fingerprint density at radius 1 is 1.18 bits per heavy atom. The monoisotopic (exact) mass is 176 g/mol. The van der Waals surface area contributed by atoms with Gasteiger partial charge in [-0.3, -0.25) is 0 Å². The minimum Gasteiger partial charge on any atom is -0.347 e. The van der Waals surface area contributed by atoms with Gasteiger partial charge in [-0.05, 0) is 25.9 Å². The number of thioether (sulfide) groups is 1. The molecule has 1 aliphatic heterocycles. The van der Waals surface area contributed by atoms with Gasteiger partial charge in [0.05, 0.1) is 12.2 Å². The Kier molecular flexibility index (Phi) is 3.69. The van der Waals surface area contributed by atoms with Crippen LogP contribution in [0, 0.1) is 0 Å². The highest BCUT2D eigenvalue weighted by Gasteiger charge is 2.28. The summed E-state index contributed by atoms with van der Waals surface area (Å²) in [5.74, 6) is 1.12. The summed E-state index contributed by atoms with van der Waals surface area (Å²) in [4.78, 5) is 0. The first-order chi connectivity index (χ1) is 5.24. The van der Waals surface area contributed by atoms with Crippen molar-refractivity contribution in [2.45, 2.75) is 38.8 Å². The number of rotatable bonds is 3. The van der Waals surface area contributed by atoms with Crippen LogP contribution in [0.25, 0.3) is 0 Å². The van der Waals surface area contributed by atoms with Crippen molar-refractivity contribution in [1.29, 1.82) is 0 Å². The molecule has 0 saturated carbocycles. The van der Waals surface area contributed by atoms with Gasteiger partial charge < -0.3 is 9.47 Å². The number of hydrogen-bond donors (Lipinski definition) is 0. The Labute approximate surface area is 72.6 Å². The van der Waals surface area contributed by atoms with Crippen molar-refractivity contribution < 1.29 is 9.47 Å². The molecule has 1 heterocycles. The Bertz CT molecular complexity index is 109. The number of ether oxygens (including phenoxy) is 2. The fourth-order valence-corrected chi connectivity index (χ4v) is 1.51. The van der Waals surface area contributed by atoms with Gasteiger partial charge in [0.1, 0.15) is 0 Å². The lowest BCUT2D eigenvalue weighted by Crippen LogP contribution is -2.13. The molecule has 3 heteroatoms. The van der Waals surface area contributed by atoms with Crippen molar-refractivity contribution in [1.82, 2.24) is 0 Å². The molecule has 0 aromatic carbocycles. The molecule has 0 N–H and O–H groups in total. The summed E-state index contributed by atoms with van der Waals surface area (Å²) in [5.41, 5.74) is 0. The van der Waals surface area contributed by atoms with Crippen LogP contribution in [0.15, 0.2) is 0 Å². The SMILES string of the molecule is CSCCC1OC(C)C(C)O1. The third kappa shape index (κ3) is 2.65. The second-order valence-corrected chi connectivity index (χ2v) is 3.88. The van der Waals surface area contributed by atoms with Gasteiger partial charge in [0, 0.05) is 6.42 Å². The van der Waals surface area contributed by atoms with Crippen molar-refractivity contribution in [2.24, 2.45) is 0 Å². The van der Waals surface area contributed by atoms with Crippen LogP contribution in [0.2, 0.25) is 0 Å². The summed E-state index contributed by atoms with van der Waals surface area (Å²) in [5, 5.41) is 0. The lowest BCUT2D eigenvalue weighted by atomic mass is 10.3. The second kappa shape index (κ2) is 4.33. The first-order valence-electron chi connectivity index (χ1n) is 4.04. The van der Waals surface area contributed by atoms with Gasteiger partial charge in [0.25, 0.3) is 0 Å². The van der Waals surface area contributed by atoms with E-state index in [1.165, 1.54) is 0 Å². The van der Waals surface area contributed by atoms with Crippen molar-refractivity contribution in [2.75, 3.05) is 12.0 Å². The van der Waals surface area contributed by atoms with E-state index < -0.39 is 0 Å². The zero-order valence-corrected chi connectivity index (χ0v) is 8.19. The summed E-state index contributed by atoms with van der Waals surface area (Å²) < 4.78 is 11.1. The first-order valence-corrected chi connectivity index (χ1v) is 5.43. The summed E-state index contributed by atoms with van der Waals surface area (Å²) in [6, 6.07) is 0. The third-order valence-electron chi connectivity index (χ3n) is 1.95. The second-order valence-electron chi connectivity index (χ2n) is 2.89. The average Bonchev–Trinajstić information content (AvgIpc) is 2.28. The quantitative estimate of drug-likeness (QED) is 0.654. The maximum absolute atomic E-state index is 5.54. The zero-order valence-electron chi connectivity index (χ0n) is 7.37. The standard InChI is InChI=1S/C8H16O2S/c1-6-7(2)10-8(9-6)4-5-11-3/h6-8H,4-5H2,1-3H3. The molecule has 0 aromatic rings. The van der Waals surface area contributed by atoms with E-state index >= 15 is 0 Å². The molecule has 2 unspecified atom stereocenters. The van der Waals surface area contributed by atoms with Crippen molar-refractivity contribution >= 4 is 11.8 Å². The van der Waals surface area contributed by atoms with Crippen LogP contribution >= 0.6 is 11.8 Å². The lowest BCUT2D eigenvalue weighted by Gasteiger charge is -2.07. The predicted molar refractivity (Wildman–Crippen MR) is 47.9 cm³/mol. The van der Waals surface area contributed by atoms with E-state index in [9.17, 15) is 0 Å². The zero-order chi connectivity index (χ0) is 8.27. The molecule has 0 bridgehead atoms. The molecule has 0 radical (unpaired) electrons. The molecule has 0 aromatic heterocycles. The number of hydrogen-bond acceptors (Lipinski definition) is 3. The van der Waals surface area contributed by atoms with Gasteiger partial charge in [-0.25, -0.2) is 0 Å². The normalized spacial score (nSPS) is 37.9. The van der Waals surface area contributed by atoms with Gasteiger partial charge >= 0.3 is 0 Å². The van der Waals surface area contributed by atoms with Crippen molar-refractivity contribution in [3.8, 4) is 0 Å². The molecule has 1 rings (SSSR count). The average molecular weight is 176 g/mol. The van der Waals surface area contributed by atoms with E-state index in [1.54, 1.807) is 0 Å². The van der Waals surface area contributed by atoms with E-state index in [0.29, 0.717) is 0 Å². The highest BCUT2D eigenvalue weighted by Crippen LogP contribution is 2.21. The smallest absolute Gasteiger partial charge is 0.159 e. The summed E-state index contributed by atoms with van der Waals surface area (Å²) in [6.45, 7) is 4.12. The fraction of sp³-hybridized carbons (Fsp3) is 1.00. The van der Waals surface area contributed by atoms with Crippen LogP contribution in [-0.4, -0.2) is 30.5 Å². The van der Waals surface area contributed by atoms with Crippen LogP contribution in [0.1, 0.15) is 20.3 Å². The summed E-state index contributed by atoms with van der Waals surface area (Å²) in [6.07, 6.45) is 3.69. The predicted octanol–water partition coefficient (Wildman–Crippen LogP) is 1.89. The van der Waals surface area contributed by atoms with E-state index in [1.807, 2.05) is 11.8 Å². The molecule has 1 aliphatic rings. The molecular formula is C8H16O2S. The van der Waals surface area contributed by atoms with Crippen LogP contribution in [0.3, 0.4) is 0 Å². The van der Waals surface area contributed by atoms with E-state index in [4.69, 9.17) is 9.47 Å². The molecular weight excluding hydrogens is 160 g/mol. The highest BCUT2D eigenvalue weighted by molar-refractivity contribution is 7.98. The van der Waals surface area contributed by atoms with Gasteiger partial charge in [-0.2, -0.15) is 11.8 Å². The van der Waals surface area contributed by atoms with Crippen LogP contribution in [-0.2, 0) is 9.47 Å². The molecule has 2 nitrogen and oxygen atoms in total. The van der Waals surface area contributed by atoms with E-state index in [-0.39, 0.29) is 18.5 Å². The maximum Gasteiger partial charge on any atom is 0.159 e. The minimum atomic E-state index is 0.0486. The molecule has 0 amide bonds. The van der Waals surface area contributed by atoms with Crippen LogP contribution in [0.4, 0.5) is 0 Å². The molecule has 2 atom stereocenters. The Morgan fingerprint density at radius 2 is 1.73 bits per heavy atom. The van der Waals surface area contributed by atoms with Crippen molar-refractivity contribution in [3.63, 3.8) is 0 Å². The largest absolute Gasteiger partial charge is 0.347 e. The first kappa shape index (κ1) is 9.36. The van der Waals surface area contributed by atoms with E-state index in [2.05, 4.69) is 20.1 Å².